The summed E-state index contributed by atoms with van der Waals surface area (Å²) in [5, 5.41) is 9.21. The molecule has 3 aromatic rings. The van der Waals surface area contributed by atoms with E-state index in [-0.39, 0.29) is 4.90 Å². The molecule has 0 radical (unpaired) electrons. The molecule has 0 amide bonds. The minimum Gasteiger partial charge on any atom is -0.354 e. The fourth-order valence-electron chi connectivity index (χ4n) is 4.44. The van der Waals surface area contributed by atoms with Gasteiger partial charge in [0.2, 0.25) is 16.0 Å². The van der Waals surface area contributed by atoms with Crippen LogP contribution in [0.15, 0.2) is 35.4 Å². The average molecular weight is 485 g/mol. The van der Waals surface area contributed by atoms with Crippen molar-refractivity contribution in [2.75, 3.05) is 18.4 Å². The third kappa shape index (κ3) is 5.58. The van der Waals surface area contributed by atoms with Crippen LogP contribution in [-0.2, 0) is 10.0 Å². The summed E-state index contributed by atoms with van der Waals surface area (Å²) >= 11 is 0. The number of nitrogens with zero attached hydrogens (tertiary/aromatic N) is 4. The van der Waals surface area contributed by atoms with Gasteiger partial charge in [-0.05, 0) is 37.8 Å². The van der Waals surface area contributed by atoms with E-state index in [0.717, 1.165) is 67.4 Å². The highest BCUT2D eigenvalue weighted by Gasteiger charge is 2.23. The van der Waals surface area contributed by atoms with Crippen molar-refractivity contribution in [3.8, 4) is 11.3 Å². The molecule has 1 fully saturated rings. The van der Waals surface area contributed by atoms with E-state index in [4.69, 9.17) is 10.1 Å². The summed E-state index contributed by atoms with van der Waals surface area (Å²) in [5.41, 5.74) is 2.50. The Labute approximate surface area is 202 Å². The molecule has 2 N–H and O–H groups in total. The fourth-order valence-corrected chi connectivity index (χ4v) is 5.51. The minimum absolute atomic E-state index is 0.266. The van der Waals surface area contributed by atoms with E-state index in [2.05, 4.69) is 26.6 Å². The number of nitrogens with one attached hydrogen (secondary N) is 2. The number of rotatable bonds is 11. The third-order valence-corrected chi connectivity index (χ3v) is 7.92. The molecule has 4 rings (SSSR count). The normalized spacial score (nSPS) is 15.1. The second kappa shape index (κ2) is 11.3. The smallest absolute Gasteiger partial charge is 0.240 e. The van der Waals surface area contributed by atoms with E-state index in [0.29, 0.717) is 18.5 Å². The number of unbranched alkanes of at least 4 members (excludes halogenated alkanes) is 2. The van der Waals surface area contributed by atoms with Gasteiger partial charge in [0.05, 0.1) is 16.3 Å². The molecule has 0 aliphatic heterocycles. The number of benzene rings is 1. The van der Waals surface area contributed by atoms with Gasteiger partial charge in [0.1, 0.15) is 5.69 Å². The summed E-state index contributed by atoms with van der Waals surface area (Å²) < 4.78 is 29.9. The molecule has 1 aliphatic rings. The van der Waals surface area contributed by atoms with Gasteiger partial charge in [0.15, 0.2) is 5.65 Å². The number of hydrogen-bond donors (Lipinski definition) is 2. The highest BCUT2D eigenvalue weighted by atomic mass is 32.2. The van der Waals surface area contributed by atoms with Crippen LogP contribution < -0.4 is 10.0 Å². The van der Waals surface area contributed by atoms with Crippen LogP contribution in [0.1, 0.15) is 77.7 Å². The van der Waals surface area contributed by atoms with Gasteiger partial charge in [-0.2, -0.15) is 10.1 Å². The minimum atomic E-state index is -3.51. The van der Waals surface area contributed by atoms with Crippen LogP contribution in [0.2, 0.25) is 0 Å². The molecule has 2 heterocycles. The first-order chi connectivity index (χ1) is 16.5. The monoisotopic (exact) mass is 484 g/mol. The van der Waals surface area contributed by atoms with Crippen molar-refractivity contribution in [1.82, 2.24) is 24.5 Å². The van der Waals surface area contributed by atoms with E-state index in [1.54, 1.807) is 12.1 Å². The van der Waals surface area contributed by atoms with Crippen LogP contribution in [-0.4, -0.2) is 41.3 Å². The lowest BCUT2D eigenvalue weighted by Crippen LogP contribution is -2.24. The molecule has 8 nitrogen and oxygen atoms in total. The van der Waals surface area contributed by atoms with E-state index in [9.17, 15) is 8.42 Å². The number of anilines is 1. The van der Waals surface area contributed by atoms with Crippen molar-refractivity contribution in [2.24, 2.45) is 0 Å². The van der Waals surface area contributed by atoms with Gasteiger partial charge in [-0.3, -0.25) is 0 Å². The van der Waals surface area contributed by atoms with Crippen LogP contribution >= 0.6 is 0 Å². The van der Waals surface area contributed by atoms with E-state index in [1.165, 1.54) is 19.3 Å². The van der Waals surface area contributed by atoms with Crippen molar-refractivity contribution >= 4 is 27.0 Å². The molecule has 0 atom stereocenters. The van der Waals surface area contributed by atoms with Crippen molar-refractivity contribution in [3.63, 3.8) is 0 Å². The van der Waals surface area contributed by atoms with Crippen molar-refractivity contribution in [1.29, 1.82) is 0 Å². The van der Waals surface area contributed by atoms with Crippen LogP contribution in [0.3, 0.4) is 0 Å². The molecule has 1 aromatic carbocycles. The Morgan fingerprint density at radius 1 is 1.00 bits per heavy atom. The van der Waals surface area contributed by atoms with Gasteiger partial charge in [-0.15, -0.1) is 0 Å². The van der Waals surface area contributed by atoms with E-state index in [1.807, 2.05) is 25.3 Å². The number of aromatic nitrogens is 4. The standard InChI is InChI=1S/C25H36N6O2S/c1-3-5-16-26-25-27-18-22-23(30-31(24(22)29-25)20-10-8-7-9-11-20)19-12-14-21(15-13-19)34(32,33)28-17-6-4-2/h12-15,18,20,28H,3-11,16-17H2,1-2H3,(H,26,27,29). The predicted octanol–water partition coefficient (Wildman–Crippen LogP) is 5.29. The SMILES string of the molecule is CCCCNc1ncc2c(-c3ccc(S(=O)(=O)NCCCC)cc3)nn(C3CCCCC3)c2n1. The summed E-state index contributed by atoms with van der Waals surface area (Å²) in [4.78, 5) is 9.65. The molecule has 9 heteroatoms. The van der Waals surface area contributed by atoms with Gasteiger partial charge in [-0.1, -0.05) is 58.1 Å². The van der Waals surface area contributed by atoms with Crippen molar-refractivity contribution in [2.45, 2.75) is 82.6 Å². The first kappa shape index (κ1) is 24.6. The third-order valence-electron chi connectivity index (χ3n) is 6.44. The molecule has 0 bridgehead atoms. The molecule has 0 saturated heterocycles. The topological polar surface area (TPSA) is 102 Å². The second-order valence-corrected chi connectivity index (χ2v) is 10.8. The number of hydrogen-bond acceptors (Lipinski definition) is 6. The lowest BCUT2D eigenvalue weighted by Gasteiger charge is -2.22. The molecule has 1 saturated carbocycles. The van der Waals surface area contributed by atoms with Crippen LogP contribution in [0.4, 0.5) is 5.95 Å². The quantitative estimate of drug-likeness (QED) is 0.359. The molecule has 1 aliphatic carbocycles. The number of fused-ring (bicyclic) bond motifs is 1. The van der Waals surface area contributed by atoms with Gasteiger partial charge in [0.25, 0.3) is 0 Å². The van der Waals surface area contributed by atoms with Crippen molar-refractivity contribution < 1.29 is 8.42 Å². The summed E-state index contributed by atoms with van der Waals surface area (Å²) in [6.07, 6.45) is 11.6. The Bertz CT molecular complexity index is 1180. The maximum Gasteiger partial charge on any atom is 0.240 e. The van der Waals surface area contributed by atoms with E-state index < -0.39 is 10.0 Å². The first-order valence-corrected chi connectivity index (χ1v) is 14.1. The molecular formula is C25H36N6O2S. The maximum absolute atomic E-state index is 12.6. The predicted molar refractivity (Wildman–Crippen MR) is 136 cm³/mol. The van der Waals surface area contributed by atoms with Gasteiger partial charge >= 0.3 is 0 Å². The molecule has 34 heavy (non-hydrogen) atoms. The second-order valence-electron chi connectivity index (χ2n) is 9.07. The molecule has 184 valence electrons. The van der Waals surface area contributed by atoms with E-state index >= 15 is 0 Å². The largest absolute Gasteiger partial charge is 0.354 e. The highest BCUT2D eigenvalue weighted by Crippen LogP contribution is 2.34. The zero-order chi connectivity index (χ0) is 24.0. The van der Waals surface area contributed by atoms with Gasteiger partial charge in [0, 0.05) is 24.8 Å². The average Bonchev–Trinajstić information content (AvgIpc) is 3.24. The first-order valence-electron chi connectivity index (χ1n) is 12.6. The Morgan fingerprint density at radius 2 is 1.71 bits per heavy atom. The Kier molecular flexibility index (Phi) is 8.15. The summed E-state index contributed by atoms with van der Waals surface area (Å²) in [7, 11) is -3.51. The lowest BCUT2D eigenvalue weighted by molar-refractivity contribution is 0.336. The number of sulfonamides is 1. The zero-order valence-electron chi connectivity index (χ0n) is 20.3. The lowest BCUT2D eigenvalue weighted by atomic mass is 9.96. The molecular weight excluding hydrogens is 448 g/mol. The van der Waals surface area contributed by atoms with Crippen molar-refractivity contribution in [3.05, 3.63) is 30.5 Å². The van der Waals surface area contributed by atoms with Gasteiger partial charge in [-0.25, -0.2) is 22.8 Å². The fraction of sp³-hybridized carbons (Fsp3) is 0.560. The van der Waals surface area contributed by atoms with Crippen LogP contribution in [0.5, 0.6) is 0 Å². The molecule has 0 spiro atoms. The molecule has 0 unspecified atom stereocenters. The van der Waals surface area contributed by atoms with Crippen LogP contribution in [0, 0.1) is 0 Å². The highest BCUT2D eigenvalue weighted by molar-refractivity contribution is 7.89. The maximum atomic E-state index is 12.6. The Balaban J connectivity index is 1.67. The Hall–Kier alpha value is -2.52. The summed E-state index contributed by atoms with van der Waals surface area (Å²) in [6.45, 7) is 5.49. The summed E-state index contributed by atoms with van der Waals surface area (Å²) in [5.74, 6) is 0.629. The Morgan fingerprint density at radius 3 is 2.41 bits per heavy atom. The van der Waals surface area contributed by atoms with Gasteiger partial charge < -0.3 is 5.32 Å². The van der Waals surface area contributed by atoms with Crippen LogP contribution in [0.25, 0.3) is 22.3 Å². The summed E-state index contributed by atoms with van der Waals surface area (Å²) in [6, 6.07) is 7.28. The zero-order valence-corrected chi connectivity index (χ0v) is 21.1. The molecule has 2 aromatic heterocycles.